The molecular weight excluding hydrogens is 162 g/mol. The molecule has 0 fully saturated rings. The lowest BCUT2D eigenvalue weighted by Gasteiger charge is -2.11. The summed E-state index contributed by atoms with van der Waals surface area (Å²) in [4.78, 5) is 0. The van der Waals surface area contributed by atoms with Gasteiger partial charge in [-0.15, -0.1) is 0 Å². The van der Waals surface area contributed by atoms with Crippen molar-refractivity contribution in [2.45, 2.75) is 13.5 Å². The Hall–Kier alpha value is -1.12. The van der Waals surface area contributed by atoms with E-state index in [1.165, 1.54) is 5.06 Å². The number of rotatable bonds is 4. The molecule has 2 nitrogen and oxygen atoms in total. The Bertz CT molecular complexity index is 256. The average molecular weight is 177 g/mol. The molecule has 0 aliphatic carbocycles. The van der Waals surface area contributed by atoms with E-state index < -0.39 is 0 Å². The summed E-state index contributed by atoms with van der Waals surface area (Å²) in [6, 6.07) is 9.91. The molecule has 0 spiro atoms. The number of benzene rings is 1. The second kappa shape index (κ2) is 5.51. The van der Waals surface area contributed by atoms with Crippen LogP contribution in [0.1, 0.15) is 12.5 Å². The normalized spacial score (nSPS) is 11.3. The van der Waals surface area contributed by atoms with Gasteiger partial charge in [-0.25, -0.2) is 0 Å². The Balaban J connectivity index is 2.40. The van der Waals surface area contributed by atoms with Gasteiger partial charge in [0.1, 0.15) is 0 Å². The average Bonchev–Trinajstić information content (AvgIpc) is 2.16. The Morgan fingerprint density at radius 3 is 2.62 bits per heavy atom. The largest absolute Gasteiger partial charge is 0.313 e. The van der Waals surface area contributed by atoms with Crippen LogP contribution >= 0.6 is 0 Å². The molecule has 0 heterocycles. The molecule has 0 atom stereocenters. The maximum Gasteiger partial charge on any atom is 0.0492 e. The van der Waals surface area contributed by atoms with Crippen LogP contribution in [-0.4, -0.2) is 16.8 Å². The van der Waals surface area contributed by atoms with Crippen LogP contribution in [0.25, 0.3) is 0 Å². The molecule has 0 radical (unpaired) electrons. The molecule has 1 aromatic carbocycles. The van der Waals surface area contributed by atoms with Crippen LogP contribution in [0.3, 0.4) is 0 Å². The van der Waals surface area contributed by atoms with Gasteiger partial charge < -0.3 is 5.21 Å². The van der Waals surface area contributed by atoms with Gasteiger partial charge in [0, 0.05) is 13.1 Å². The van der Waals surface area contributed by atoms with E-state index in [2.05, 4.69) is 0 Å². The molecule has 13 heavy (non-hydrogen) atoms. The third-order valence-electron chi connectivity index (χ3n) is 1.76. The van der Waals surface area contributed by atoms with Crippen LogP contribution in [0, 0.1) is 0 Å². The molecule has 0 saturated heterocycles. The summed E-state index contributed by atoms with van der Waals surface area (Å²) in [5.74, 6) is 0. The maximum absolute atomic E-state index is 9.42. The predicted molar refractivity (Wildman–Crippen MR) is 53.5 cm³/mol. The zero-order valence-corrected chi connectivity index (χ0v) is 7.85. The Kier molecular flexibility index (Phi) is 4.23. The fourth-order valence-electron chi connectivity index (χ4n) is 1.09. The molecule has 1 rings (SSSR count). The van der Waals surface area contributed by atoms with Gasteiger partial charge in [-0.2, -0.15) is 5.06 Å². The molecule has 0 aromatic heterocycles. The zero-order valence-electron chi connectivity index (χ0n) is 7.85. The van der Waals surface area contributed by atoms with Crippen LogP contribution in [0.2, 0.25) is 0 Å². The van der Waals surface area contributed by atoms with Crippen molar-refractivity contribution < 1.29 is 5.21 Å². The van der Waals surface area contributed by atoms with Gasteiger partial charge in [0.2, 0.25) is 0 Å². The van der Waals surface area contributed by atoms with Crippen molar-refractivity contribution in [3.63, 3.8) is 0 Å². The highest BCUT2D eigenvalue weighted by Crippen LogP contribution is 2.01. The summed E-state index contributed by atoms with van der Waals surface area (Å²) < 4.78 is 0. The monoisotopic (exact) mass is 177 g/mol. The van der Waals surface area contributed by atoms with Gasteiger partial charge >= 0.3 is 0 Å². The SMILES string of the molecule is CC=CCN(O)Cc1ccccc1. The molecule has 0 unspecified atom stereocenters. The van der Waals surface area contributed by atoms with Gasteiger partial charge in [0.15, 0.2) is 0 Å². The highest BCUT2D eigenvalue weighted by atomic mass is 16.5. The molecule has 2 heteroatoms. The highest BCUT2D eigenvalue weighted by Gasteiger charge is 1.97. The number of hydroxylamine groups is 2. The van der Waals surface area contributed by atoms with E-state index in [0.717, 1.165) is 5.56 Å². The Labute approximate surface area is 79.1 Å². The van der Waals surface area contributed by atoms with Gasteiger partial charge in [0.25, 0.3) is 0 Å². The molecule has 0 amide bonds. The van der Waals surface area contributed by atoms with Crippen molar-refractivity contribution in [1.82, 2.24) is 5.06 Å². The highest BCUT2D eigenvalue weighted by molar-refractivity contribution is 5.14. The van der Waals surface area contributed by atoms with E-state index in [4.69, 9.17) is 0 Å². The van der Waals surface area contributed by atoms with Crippen molar-refractivity contribution >= 4 is 0 Å². The number of hydrogen-bond donors (Lipinski definition) is 1. The summed E-state index contributed by atoms with van der Waals surface area (Å²) >= 11 is 0. The van der Waals surface area contributed by atoms with Crippen molar-refractivity contribution in [3.8, 4) is 0 Å². The van der Waals surface area contributed by atoms with E-state index in [1.54, 1.807) is 0 Å². The fourth-order valence-corrected chi connectivity index (χ4v) is 1.09. The second-order valence-corrected chi connectivity index (χ2v) is 2.90. The molecule has 70 valence electrons. The summed E-state index contributed by atoms with van der Waals surface area (Å²) in [5, 5.41) is 10.7. The maximum atomic E-state index is 9.42. The van der Waals surface area contributed by atoms with Crippen molar-refractivity contribution in [1.29, 1.82) is 0 Å². The first-order valence-electron chi connectivity index (χ1n) is 4.42. The standard InChI is InChI=1S/C11H15NO/c1-2-3-9-12(13)10-11-7-5-4-6-8-11/h2-8,13H,9-10H2,1H3. The lowest BCUT2D eigenvalue weighted by Crippen LogP contribution is -2.18. The molecule has 0 aliphatic rings. The summed E-state index contributed by atoms with van der Waals surface area (Å²) in [6.07, 6.45) is 3.84. The first-order chi connectivity index (χ1) is 6.33. The third kappa shape index (κ3) is 3.87. The molecule has 1 aromatic rings. The predicted octanol–water partition coefficient (Wildman–Crippen LogP) is 2.45. The third-order valence-corrected chi connectivity index (χ3v) is 1.76. The van der Waals surface area contributed by atoms with E-state index in [1.807, 2.05) is 49.4 Å². The number of allylic oxidation sites excluding steroid dienone is 1. The molecule has 1 N–H and O–H groups in total. The summed E-state index contributed by atoms with van der Waals surface area (Å²) in [5.41, 5.74) is 1.12. The quantitative estimate of drug-likeness (QED) is 0.564. The first-order valence-corrected chi connectivity index (χ1v) is 4.42. The lowest BCUT2D eigenvalue weighted by molar-refractivity contribution is -0.0887. The van der Waals surface area contributed by atoms with Gasteiger partial charge in [-0.1, -0.05) is 42.5 Å². The van der Waals surface area contributed by atoms with Crippen molar-refractivity contribution in [2.75, 3.05) is 6.54 Å². The van der Waals surface area contributed by atoms with Crippen LogP contribution < -0.4 is 0 Å². The van der Waals surface area contributed by atoms with Gasteiger partial charge in [0.05, 0.1) is 0 Å². The molecular formula is C11H15NO. The molecule has 0 aliphatic heterocycles. The lowest BCUT2D eigenvalue weighted by atomic mass is 10.2. The number of nitrogens with zero attached hydrogens (tertiary/aromatic N) is 1. The van der Waals surface area contributed by atoms with E-state index in [0.29, 0.717) is 13.1 Å². The van der Waals surface area contributed by atoms with Gasteiger partial charge in [-0.3, -0.25) is 0 Å². The second-order valence-electron chi connectivity index (χ2n) is 2.90. The van der Waals surface area contributed by atoms with Crippen LogP contribution in [0.15, 0.2) is 42.5 Å². The summed E-state index contributed by atoms with van der Waals surface area (Å²) in [7, 11) is 0. The van der Waals surface area contributed by atoms with E-state index >= 15 is 0 Å². The number of hydrogen-bond acceptors (Lipinski definition) is 2. The fraction of sp³-hybridized carbons (Fsp3) is 0.273. The smallest absolute Gasteiger partial charge is 0.0492 e. The summed E-state index contributed by atoms with van der Waals surface area (Å²) in [6.45, 7) is 3.09. The Morgan fingerprint density at radius 2 is 2.00 bits per heavy atom. The molecule has 0 bridgehead atoms. The topological polar surface area (TPSA) is 23.5 Å². The minimum Gasteiger partial charge on any atom is -0.313 e. The minimum atomic E-state index is 0.575. The van der Waals surface area contributed by atoms with Crippen LogP contribution in [0.5, 0.6) is 0 Å². The Morgan fingerprint density at radius 1 is 1.31 bits per heavy atom. The van der Waals surface area contributed by atoms with Crippen LogP contribution in [0.4, 0.5) is 0 Å². The van der Waals surface area contributed by atoms with E-state index in [-0.39, 0.29) is 0 Å². The molecule has 0 saturated carbocycles. The van der Waals surface area contributed by atoms with Crippen LogP contribution in [-0.2, 0) is 6.54 Å². The minimum absolute atomic E-state index is 0.575. The first kappa shape index (κ1) is 9.96. The van der Waals surface area contributed by atoms with Gasteiger partial charge in [-0.05, 0) is 12.5 Å². The van der Waals surface area contributed by atoms with Crippen molar-refractivity contribution in [2.24, 2.45) is 0 Å². The zero-order chi connectivity index (χ0) is 9.52. The van der Waals surface area contributed by atoms with Crippen molar-refractivity contribution in [3.05, 3.63) is 48.0 Å². The van der Waals surface area contributed by atoms with E-state index in [9.17, 15) is 5.21 Å².